The number of carbonyl (C=O) groups excluding carboxylic acids is 2. The van der Waals surface area contributed by atoms with Crippen LogP contribution in [-0.4, -0.2) is 24.9 Å². The summed E-state index contributed by atoms with van der Waals surface area (Å²) in [6.45, 7) is 1.17. The summed E-state index contributed by atoms with van der Waals surface area (Å²) in [6, 6.07) is 9.62. The van der Waals surface area contributed by atoms with E-state index in [9.17, 15) is 9.59 Å². The zero-order chi connectivity index (χ0) is 21.2. The molecule has 29 heavy (non-hydrogen) atoms. The summed E-state index contributed by atoms with van der Waals surface area (Å²) in [5, 5.41) is 7.40. The standard InChI is InChI=1S/C21H22Cl4N2O2/c22-14-6-8-16(18(24)12-14)20(28)26-10-4-2-1-3-5-11-27-21(29)17-9-7-15(23)13-19(17)25/h6-9,12-13H,1-5,10-11H2,(H,26,28)(H,27,29). The first-order valence-electron chi connectivity index (χ1n) is 9.35. The molecule has 2 rings (SSSR count). The summed E-state index contributed by atoms with van der Waals surface area (Å²) in [5.41, 5.74) is 0.847. The zero-order valence-electron chi connectivity index (χ0n) is 15.7. The van der Waals surface area contributed by atoms with Gasteiger partial charge in [0.1, 0.15) is 0 Å². The lowest BCUT2D eigenvalue weighted by Gasteiger charge is -2.08. The molecule has 0 aliphatic carbocycles. The third-order valence-corrected chi connectivity index (χ3v) is 5.37. The molecule has 0 aliphatic heterocycles. The molecule has 2 aromatic rings. The number of carbonyl (C=O) groups is 2. The van der Waals surface area contributed by atoms with E-state index in [-0.39, 0.29) is 11.8 Å². The van der Waals surface area contributed by atoms with Gasteiger partial charge >= 0.3 is 0 Å². The molecule has 2 amide bonds. The third-order valence-electron chi connectivity index (χ3n) is 4.28. The Morgan fingerprint density at radius 2 is 1.00 bits per heavy atom. The molecule has 0 atom stereocenters. The van der Waals surface area contributed by atoms with Crippen molar-refractivity contribution in [1.82, 2.24) is 10.6 Å². The smallest absolute Gasteiger partial charge is 0.252 e. The molecule has 2 N–H and O–H groups in total. The van der Waals surface area contributed by atoms with Crippen molar-refractivity contribution in [2.75, 3.05) is 13.1 Å². The molecule has 4 nitrogen and oxygen atoms in total. The molecule has 0 spiro atoms. The van der Waals surface area contributed by atoms with Gasteiger partial charge in [0.2, 0.25) is 0 Å². The number of hydrogen-bond acceptors (Lipinski definition) is 2. The van der Waals surface area contributed by atoms with Crippen molar-refractivity contribution >= 4 is 58.2 Å². The first kappa shape index (κ1) is 23.8. The summed E-state index contributed by atoms with van der Waals surface area (Å²) < 4.78 is 0. The Kier molecular flexibility index (Phi) is 10.1. The van der Waals surface area contributed by atoms with Gasteiger partial charge in [-0.3, -0.25) is 9.59 Å². The van der Waals surface area contributed by atoms with Crippen LogP contribution in [0.4, 0.5) is 0 Å². The second-order valence-electron chi connectivity index (χ2n) is 6.53. The summed E-state index contributed by atoms with van der Waals surface area (Å²) in [7, 11) is 0. The van der Waals surface area contributed by atoms with E-state index in [1.807, 2.05) is 0 Å². The summed E-state index contributed by atoms with van der Waals surface area (Å²) >= 11 is 23.7. The van der Waals surface area contributed by atoms with E-state index in [2.05, 4.69) is 10.6 Å². The van der Waals surface area contributed by atoms with Gasteiger partial charge in [-0.2, -0.15) is 0 Å². The van der Waals surface area contributed by atoms with Crippen molar-refractivity contribution < 1.29 is 9.59 Å². The molecule has 0 heterocycles. The van der Waals surface area contributed by atoms with Crippen molar-refractivity contribution in [3.05, 3.63) is 67.6 Å². The summed E-state index contributed by atoms with van der Waals surface area (Å²) in [5.74, 6) is -0.398. The topological polar surface area (TPSA) is 58.2 Å². The fourth-order valence-electron chi connectivity index (χ4n) is 2.72. The van der Waals surface area contributed by atoms with E-state index < -0.39 is 0 Å². The quantitative estimate of drug-likeness (QED) is 0.390. The normalized spacial score (nSPS) is 10.6. The minimum absolute atomic E-state index is 0.199. The van der Waals surface area contributed by atoms with E-state index in [4.69, 9.17) is 46.4 Å². The number of benzene rings is 2. The predicted octanol–water partition coefficient (Wildman–Crippen LogP) is 6.41. The van der Waals surface area contributed by atoms with Crippen LogP contribution in [0.5, 0.6) is 0 Å². The van der Waals surface area contributed by atoms with Crippen LogP contribution in [-0.2, 0) is 0 Å². The molecule has 0 aromatic heterocycles. The number of rotatable bonds is 10. The first-order valence-corrected chi connectivity index (χ1v) is 10.9. The number of unbranched alkanes of at least 4 members (excludes halogenated alkanes) is 4. The van der Waals surface area contributed by atoms with Crippen LogP contribution in [0.25, 0.3) is 0 Å². The molecular formula is C21H22Cl4N2O2. The van der Waals surface area contributed by atoms with Crippen molar-refractivity contribution in [2.45, 2.75) is 32.1 Å². The molecule has 0 aliphatic rings. The Morgan fingerprint density at radius 3 is 1.38 bits per heavy atom. The minimum Gasteiger partial charge on any atom is -0.352 e. The van der Waals surface area contributed by atoms with Gasteiger partial charge in [-0.05, 0) is 49.2 Å². The van der Waals surface area contributed by atoms with Crippen molar-refractivity contribution in [3.63, 3.8) is 0 Å². The highest BCUT2D eigenvalue weighted by Crippen LogP contribution is 2.21. The molecule has 0 fully saturated rings. The van der Waals surface area contributed by atoms with Crippen LogP contribution >= 0.6 is 46.4 Å². The van der Waals surface area contributed by atoms with E-state index in [0.717, 1.165) is 32.1 Å². The van der Waals surface area contributed by atoms with Gasteiger partial charge in [0.25, 0.3) is 11.8 Å². The molecule has 0 saturated carbocycles. The van der Waals surface area contributed by atoms with Crippen LogP contribution in [0, 0.1) is 0 Å². The van der Waals surface area contributed by atoms with Gasteiger partial charge < -0.3 is 10.6 Å². The second-order valence-corrected chi connectivity index (χ2v) is 8.22. The third kappa shape index (κ3) is 8.06. The Hall–Kier alpha value is -1.46. The van der Waals surface area contributed by atoms with Gasteiger partial charge in [-0.1, -0.05) is 65.7 Å². The van der Waals surface area contributed by atoms with Gasteiger partial charge in [-0.15, -0.1) is 0 Å². The minimum atomic E-state index is -0.199. The molecular weight excluding hydrogens is 454 g/mol. The Bertz CT molecular complexity index is 789. The van der Waals surface area contributed by atoms with Crippen molar-refractivity contribution in [1.29, 1.82) is 0 Å². The molecule has 0 saturated heterocycles. The average molecular weight is 476 g/mol. The van der Waals surface area contributed by atoms with Gasteiger partial charge in [0, 0.05) is 23.1 Å². The lowest BCUT2D eigenvalue weighted by Crippen LogP contribution is -2.25. The summed E-state index contributed by atoms with van der Waals surface area (Å²) in [4.78, 5) is 24.2. The number of nitrogens with one attached hydrogen (secondary N) is 2. The first-order chi connectivity index (χ1) is 13.9. The summed E-state index contributed by atoms with van der Waals surface area (Å²) in [6.07, 6.45) is 4.76. The van der Waals surface area contributed by atoms with Crippen LogP contribution in [0.2, 0.25) is 20.1 Å². The highest BCUT2D eigenvalue weighted by Gasteiger charge is 2.11. The van der Waals surface area contributed by atoms with Crippen LogP contribution in [0.1, 0.15) is 52.8 Å². The van der Waals surface area contributed by atoms with Crippen LogP contribution < -0.4 is 10.6 Å². The maximum atomic E-state index is 12.1. The Balaban J connectivity index is 1.54. The maximum absolute atomic E-state index is 12.1. The van der Waals surface area contributed by atoms with Crippen molar-refractivity contribution in [3.8, 4) is 0 Å². The lowest BCUT2D eigenvalue weighted by molar-refractivity contribution is 0.0945. The molecule has 0 bridgehead atoms. The Labute approximate surface area is 190 Å². The SMILES string of the molecule is O=C(NCCCCCCCNC(=O)c1ccc(Cl)cc1Cl)c1ccc(Cl)cc1Cl. The molecule has 0 unspecified atom stereocenters. The number of halogens is 4. The average Bonchev–Trinajstić information content (AvgIpc) is 2.66. The predicted molar refractivity (Wildman–Crippen MR) is 121 cm³/mol. The van der Waals surface area contributed by atoms with Crippen molar-refractivity contribution in [2.24, 2.45) is 0 Å². The van der Waals surface area contributed by atoms with E-state index in [1.54, 1.807) is 36.4 Å². The van der Waals surface area contributed by atoms with Crippen LogP contribution in [0.15, 0.2) is 36.4 Å². The lowest BCUT2D eigenvalue weighted by atomic mass is 10.1. The second kappa shape index (κ2) is 12.3. The Morgan fingerprint density at radius 1 is 0.621 bits per heavy atom. The van der Waals surface area contributed by atoms with E-state index in [1.165, 1.54) is 0 Å². The molecule has 0 radical (unpaired) electrons. The van der Waals surface area contributed by atoms with Gasteiger partial charge in [0.15, 0.2) is 0 Å². The highest BCUT2D eigenvalue weighted by atomic mass is 35.5. The highest BCUT2D eigenvalue weighted by molar-refractivity contribution is 6.37. The fourth-order valence-corrected chi connectivity index (χ4v) is 3.71. The maximum Gasteiger partial charge on any atom is 0.252 e. The zero-order valence-corrected chi connectivity index (χ0v) is 18.8. The largest absolute Gasteiger partial charge is 0.352 e. The molecule has 2 aromatic carbocycles. The fraction of sp³-hybridized carbons (Fsp3) is 0.333. The number of amides is 2. The van der Waals surface area contributed by atoms with Crippen LogP contribution in [0.3, 0.4) is 0 Å². The molecule has 156 valence electrons. The molecule has 8 heteroatoms. The van der Waals surface area contributed by atoms with E-state index in [0.29, 0.717) is 44.3 Å². The monoisotopic (exact) mass is 474 g/mol. The van der Waals surface area contributed by atoms with Gasteiger partial charge in [0.05, 0.1) is 21.2 Å². The number of hydrogen-bond donors (Lipinski definition) is 2. The van der Waals surface area contributed by atoms with E-state index >= 15 is 0 Å². The van der Waals surface area contributed by atoms with Gasteiger partial charge in [-0.25, -0.2) is 0 Å².